The number of Topliss-reactive ketones (excluding diaryl/α,β-unsaturated/α-hetero) is 1. The lowest BCUT2D eigenvalue weighted by Crippen LogP contribution is -2.31. The van der Waals surface area contributed by atoms with Gasteiger partial charge in [0.2, 0.25) is 5.88 Å². The predicted molar refractivity (Wildman–Crippen MR) is 114 cm³/mol. The minimum absolute atomic E-state index is 0.0788. The van der Waals surface area contributed by atoms with Gasteiger partial charge < -0.3 is 15.3 Å². The molecule has 0 spiro atoms. The zero-order valence-corrected chi connectivity index (χ0v) is 17.4. The summed E-state index contributed by atoms with van der Waals surface area (Å²) in [6.07, 6.45) is 0.173. The molecule has 3 aromatic rings. The van der Waals surface area contributed by atoms with E-state index >= 15 is 0 Å². The lowest BCUT2D eigenvalue weighted by atomic mass is 9.98. The molecule has 3 rings (SSSR count). The zero-order valence-electron chi connectivity index (χ0n) is 17.4. The van der Waals surface area contributed by atoms with Gasteiger partial charge in [0.1, 0.15) is 0 Å². The molecule has 0 unspecified atom stereocenters. The summed E-state index contributed by atoms with van der Waals surface area (Å²) in [6, 6.07) is 13.5. The highest BCUT2D eigenvalue weighted by Gasteiger charge is 2.29. The maximum atomic E-state index is 12.5. The van der Waals surface area contributed by atoms with Crippen molar-refractivity contribution in [3.63, 3.8) is 0 Å². The van der Waals surface area contributed by atoms with Gasteiger partial charge in [-0.05, 0) is 51.1 Å². The Morgan fingerprint density at radius 3 is 2.33 bits per heavy atom. The number of nitrogens with one attached hydrogen (secondary N) is 1. The normalized spacial score (nSPS) is 11.3. The van der Waals surface area contributed by atoms with E-state index in [1.165, 1.54) is 0 Å². The maximum absolute atomic E-state index is 12.5. The number of anilines is 1. The van der Waals surface area contributed by atoms with Gasteiger partial charge in [-0.15, -0.1) is 4.73 Å². The lowest BCUT2D eigenvalue weighted by Gasteiger charge is -2.17. The summed E-state index contributed by atoms with van der Waals surface area (Å²) >= 11 is 0. The van der Waals surface area contributed by atoms with E-state index in [4.69, 9.17) is 4.84 Å². The Morgan fingerprint density at radius 1 is 1.07 bits per heavy atom. The number of amides is 1. The summed E-state index contributed by atoms with van der Waals surface area (Å²) in [5.41, 5.74) is 0.467. The average molecular weight is 408 g/mol. The first-order valence-electron chi connectivity index (χ1n) is 9.63. The van der Waals surface area contributed by atoms with Crippen LogP contribution in [0.3, 0.4) is 0 Å². The van der Waals surface area contributed by atoms with E-state index in [-0.39, 0.29) is 23.7 Å². The molecule has 0 atom stereocenters. The first-order chi connectivity index (χ1) is 14.1. The first kappa shape index (κ1) is 21.1. The smallest absolute Gasteiger partial charge is 0.338 e. The number of hydrogen-bond donors (Lipinski definition) is 2. The van der Waals surface area contributed by atoms with E-state index in [2.05, 4.69) is 5.32 Å². The lowest BCUT2D eigenvalue weighted by molar-refractivity contribution is -0.153. The molecule has 156 valence electrons. The molecule has 0 bridgehead atoms. The Labute approximate surface area is 174 Å². The number of rotatable bonds is 5. The molecule has 2 aromatic carbocycles. The second-order valence-electron chi connectivity index (χ2n) is 7.95. The molecule has 0 aliphatic carbocycles. The van der Waals surface area contributed by atoms with Crippen LogP contribution in [0.15, 0.2) is 48.5 Å². The Balaban J connectivity index is 2.07. The molecule has 0 aliphatic heterocycles. The molecule has 30 heavy (non-hydrogen) atoms. The summed E-state index contributed by atoms with van der Waals surface area (Å²) in [5, 5.41) is 13.9. The summed E-state index contributed by atoms with van der Waals surface area (Å²) in [4.78, 5) is 42.7. The summed E-state index contributed by atoms with van der Waals surface area (Å²) in [7, 11) is 0. The zero-order chi connectivity index (χ0) is 22.1. The average Bonchev–Trinajstić information content (AvgIpc) is 2.98. The van der Waals surface area contributed by atoms with Crippen molar-refractivity contribution >= 4 is 34.3 Å². The molecule has 0 fully saturated rings. The molecule has 0 aliphatic rings. The van der Waals surface area contributed by atoms with Crippen LogP contribution in [0.4, 0.5) is 5.69 Å². The molecule has 0 saturated heterocycles. The Morgan fingerprint density at radius 2 is 1.73 bits per heavy atom. The monoisotopic (exact) mass is 408 g/mol. The molecule has 1 heterocycles. The molecule has 1 amide bonds. The van der Waals surface area contributed by atoms with Gasteiger partial charge in [-0.3, -0.25) is 9.59 Å². The second kappa shape index (κ2) is 8.02. The minimum Gasteiger partial charge on any atom is -0.492 e. The highest BCUT2D eigenvalue weighted by atomic mass is 16.7. The van der Waals surface area contributed by atoms with Crippen molar-refractivity contribution in [2.45, 2.75) is 34.1 Å². The van der Waals surface area contributed by atoms with Crippen LogP contribution in [0.5, 0.6) is 5.88 Å². The standard InChI is InChI=1S/C23H24N2O5/c1-5-18(26)19-16-12-11-15(24-20(27)14-9-7-6-8-10-14)13-17(16)25(21(19)28)30-22(29)23(2,3)4/h6-13,28H,5H2,1-4H3,(H,24,27). The van der Waals surface area contributed by atoms with Gasteiger partial charge in [-0.2, -0.15) is 0 Å². The number of nitrogens with zero attached hydrogens (tertiary/aromatic N) is 1. The van der Waals surface area contributed by atoms with Gasteiger partial charge in [-0.1, -0.05) is 25.1 Å². The SMILES string of the molecule is CCC(=O)c1c(O)n(OC(=O)C(C)(C)C)c2cc(NC(=O)c3ccccc3)ccc12. The number of carbonyl (C=O) groups excluding carboxylic acids is 3. The summed E-state index contributed by atoms with van der Waals surface area (Å²) < 4.78 is 0.948. The summed E-state index contributed by atoms with van der Waals surface area (Å²) in [5.74, 6) is -1.62. The molecular weight excluding hydrogens is 384 g/mol. The predicted octanol–water partition coefficient (Wildman–Crippen LogP) is 4.19. The Kier molecular flexibility index (Phi) is 5.64. The van der Waals surface area contributed by atoms with Crippen LogP contribution in [0.2, 0.25) is 0 Å². The first-order valence-corrected chi connectivity index (χ1v) is 9.63. The van der Waals surface area contributed by atoms with E-state index in [0.29, 0.717) is 22.2 Å². The van der Waals surface area contributed by atoms with Crippen LogP contribution >= 0.6 is 0 Å². The fraction of sp³-hybridized carbons (Fsp3) is 0.261. The third-order valence-corrected chi connectivity index (χ3v) is 4.58. The van der Waals surface area contributed by atoms with Crippen LogP contribution in [0.1, 0.15) is 54.8 Å². The topological polar surface area (TPSA) is 97.6 Å². The molecule has 0 saturated carbocycles. The van der Waals surface area contributed by atoms with Crippen LogP contribution in [-0.4, -0.2) is 27.5 Å². The molecule has 0 radical (unpaired) electrons. The highest BCUT2D eigenvalue weighted by Crippen LogP contribution is 2.34. The summed E-state index contributed by atoms with van der Waals surface area (Å²) in [6.45, 7) is 6.73. The number of aromatic nitrogens is 1. The van der Waals surface area contributed by atoms with Crippen LogP contribution in [0, 0.1) is 5.41 Å². The van der Waals surface area contributed by atoms with E-state index < -0.39 is 17.3 Å². The fourth-order valence-electron chi connectivity index (χ4n) is 2.88. The van der Waals surface area contributed by atoms with E-state index in [0.717, 1.165) is 4.73 Å². The second-order valence-corrected chi connectivity index (χ2v) is 7.95. The van der Waals surface area contributed by atoms with Gasteiger partial charge in [0.25, 0.3) is 5.91 Å². The van der Waals surface area contributed by atoms with Crippen LogP contribution in [0.25, 0.3) is 10.9 Å². The van der Waals surface area contributed by atoms with Crippen molar-refractivity contribution in [3.8, 4) is 5.88 Å². The number of hydrogen-bond acceptors (Lipinski definition) is 5. The van der Waals surface area contributed by atoms with Gasteiger partial charge in [0.05, 0.1) is 16.5 Å². The highest BCUT2D eigenvalue weighted by molar-refractivity contribution is 6.12. The minimum atomic E-state index is -0.822. The van der Waals surface area contributed by atoms with Gasteiger partial charge in [0, 0.05) is 23.1 Å². The third-order valence-electron chi connectivity index (χ3n) is 4.58. The van der Waals surface area contributed by atoms with Crippen LogP contribution in [-0.2, 0) is 4.79 Å². The molecular formula is C23H24N2O5. The number of ketones is 1. The van der Waals surface area contributed by atoms with Crippen molar-refractivity contribution in [2.75, 3.05) is 5.32 Å². The van der Waals surface area contributed by atoms with Gasteiger partial charge in [-0.25, -0.2) is 4.79 Å². The van der Waals surface area contributed by atoms with Crippen molar-refractivity contribution in [1.29, 1.82) is 0 Å². The van der Waals surface area contributed by atoms with Crippen molar-refractivity contribution in [2.24, 2.45) is 5.41 Å². The number of fused-ring (bicyclic) bond motifs is 1. The Bertz CT molecular complexity index is 1120. The van der Waals surface area contributed by atoms with Gasteiger partial charge >= 0.3 is 5.97 Å². The molecule has 1 aromatic heterocycles. The van der Waals surface area contributed by atoms with E-state index in [9.17, 15) is 19.5 Å². The fourth-order valence-corrected chi connectivity index (χ4v) is 2.88. The Hall–Kier alpha value is -3.61. The molecule has 2 N–H and O–H groups in total. The number of benzene rings is 2. The van der Waals surface area contributed by atoms with E-state index in [1.54, 1.807) is 70.2 Å². The van der Waals surface area contributed by atoms with Crippen LogP contribution < -0.4 is 10.2 Å². The quantitative estimate of drug-likeness (QED) is 0.617. The van der Waals surface area contributed by atoms with Crippen molar-refractivity contribution in [3.05, 3.63) is 59.7 Å². The molecule has 7 nitrogen and oxygen atoms in total. The van der Waals surface area contributed by atoms with E-state index in [1.807, 2.05) is 6.07 Å². The molecule has 7 heteroatoms. The number of aromatic hydroxyl groups is 1. The van der Waals surface area contributed by atoms with Crippen molar-refractivity contribution in [1.82, 2.24) is 4.73 Å². The number of carbonyl (C=O) groups is 3. The van der Waals surface area contributed by atoms with Crippen molar-refractivity contribution < 1.29 is 24.3 Å². The maximum Gasteiger partial charge on any atom is 0.338 e. The third kappa shape index (κ3) is 4.05. The largest absolute Gasteiger partial charge is 0.492 e. The van der Waals surface area contributed by atoms with Gasteiger partial charge in [0.15, 0.2) is 5.78 Å².